The molecule has 0 spiro atoms. The van der Waals surface area contributed by atoms with Crippen molar-refractivity contribution in [2.24, 2.45) is 23.7 Å². The van der Waals surface area contributed by atoms with E-state index in [0.717, 1.165) is 23.7 Å². The number of rotatable bonds is 0. The van der Waals surface area contributed by atoms with Gasteiger partial charge in [0.2, 0.25) is 0 Å². The molecule has 0 saturated heterocycles. The van der Waals surface area contributed by atoms with Crippen molar-refractivity contribution in [1.82, 2.24) is 0 Å². The zero-order valence-corrected chi connectivity index (χ0v) is 7.45. The summed E-state index contributed by atoms with van der Waals surface area (Å²) in [7, 11) is 0. The van der Waals surface area contributed by atoms with Crippen LogP contribution in [-0.4, -0.2) is 0 Å². The average Bonchev–Trinajstić information content (AvgIpc) is 2.20. The molecule has 12 heavy (non-hydrogen) atoms. The molecule has 2 bridgehead atoms. The van der Waals surface area contributed by atoms with Gasteiger partial charge in [0, 0.05) is 0 Å². The minimum absolute atomic E-state index is 0.900. The molecule has 0 unspecified atom stereocenters. The van der Waals surface area contributed by atoms with E-state index in [1.807, 2.05) is 0 Å². The Kier molecular flexibility index (Phi) is 1.44. The van der Waals surface area contributed by atoms with Crippen molar-refractivity contribution in [1.29, 1.82) is 0 Å². The number of hydrogen-bond acceptors (Lipinski definition) is 0. The maximum Gasteiger partial charge on any atom is -0.0136 e. The molecule has 0 heterocycles. The zero-order chi connectivity index (χ0) is 7.97. The highest BCUT2D eigenvalue weighted by molar-refractivity contribution is 5.16. The largest absolute Gasteiger partial charge is 0.0882 e. The summed E-state index contributed by atoms with van der Waals surface area (Å²) in [4.78, 5) is 0. The molecule has 0 radical (unpaired) electrons. The summed E-state index contributed by atoms with van der Waals surface area (Å²) in [6, 6.07) is 0. The summed E-state index contributed by atoms with van der Waals surface area (Å²) in [6.07, 6.45) is 15.6. The Balaban J connectivity index is 1.98. The molecular formula is C12H16. The Morgan fingerprint density at radius 3 is 2.42 bits per heavy atom. The van der Waals surface area contributed by atoms with Crippen LogP contribution in [0.2, 0.25) is 0 Å². The average molecular weight is 160 g/mol. The Morgan fingerprint density at radius 1 is 0.833 bits per heavy atom. The zero-order valence-electron chi connectivity index (χ0n) is 7.45. The fourth-order valence-corrected chi connectivity index (χ4v) is 3.38. The molecule has 0 aliphatic heterocycles. The lowest BCUT2D eigenvalue weighted by Gasteiger charge is -2.45. The van der Waals surface area contributed by atoms with Gasteiger partial charge in [-0.2, -0.15) is 0 Å². The minimum Gasteiger partial charge on any atom is -0.0882 e. The predicted octanol–water partition coefficient (Wildman–Crippen LogP) is 3.16. The lowest BCUT2D eigenvalue weighted by Crippen LogP contribution is -2.36. The normalized spacial score (nSPS) is 49.3. The van der Waals surface area contributed by atoms with Crippen LogP contribution in [-0.2, 0) is 0 Å². The molecule has 0 amide bonds. The highest BCUT2D eigenvalue weighted by Gasteiger charge is 2.39. The topological polar surface area (TPSA) is 0 Å². The van der Waals surface area contributed by atoms with Gasteiger partial charge in [0.15, 0.2) is 0 Å². The number of allylic oxidation sites excluding steroid dienone is 4. The van der Waals surface area contributed by atoms with Gasteiger partial charge in [-0.25, -0.2) is 0 Å². The van der Waals surface area contributed by atoms with Crippen molar-refractivity contribution in [3.05, 3.63) is 24.3 Å². The maximum atomic E-state index is 2.49. The molecule has 0 N–H and O–H groups in total. The molecule has 0 heteroatoms. The first-order valence-corrected chi connectivity index (χ1v) is 5.30. The van der Waals surface area contributed by atoms with Crippen LogP contribution in [0.15, 0.2) is 24.3 Å². The third-order valence-corrected chi connectivity index (χ3v) is 4.00. The Labute approximate surface area is 74.4 Å². The minimum atomic E-state index is 0.900. The Bertz CT molecular complexity index is 236. The molecule has 1 saturated carbocycles. The van der Waals surface area contributed by atoms with Gasteiger partial charge in [0.05, 0.1) is 0 Å². The molecule has 0 nitrogen and oxygen atoms in total. The molecule has 4 aliphatic rings. The van der Waals surface area contributed by atoms with E-state index in [2.05, 4.69) is 24.3 Å². The summed E-state index contributed by atoms with van der Waals surface area (Å²) in [6.45, 7) is 0. The summed E-state index contributed by atoms with van der Waals surface area (Å²) >= 11 is 0. The Morgan fingerprint density at radius 2 is 1.67 bits per heavy atom. The van der Waals surface area contributed by atoms with E-state index in [4.69, 9.17) is 0 Å². The summed E-state index contributed by atoms with van der Waals surface area (Å²) in [5.74, 6) is 3.77. The van der Waals surface area contributed by atoms with Crippen molar-refractivity contribution < 1.29 is 0 Å². The lowest BCUT2D eigenvalue weighted by molar-refractivity contribution is 0.143. The molecule has 4 aliphatic carbocycles. The highest BCUT2D eigenvalue weighted by atomic mass is 14.4. The second kappa shape index (κ2) is 2.48. The van der Waals surface area contributed by atoms with Crippen LogP contribution in [0.1, 0.15) is 25.7 Å². The van der Waals surface area contributed by atoms with Gasteiger partial charge in [0.1, 0.15) is 0 Å². The van der Waals surface area contributed by atoms with Crippen LogP contribution in [0.25, 0.3) is 0 Å². The van der Waals surface area contributed by atoms with Crippen molar-refractivity contribution >= 4 is 0 Å². The van der Waals surface area contributed by atoms with Gasteiger partial charge in [-0.3, -0.25) is 0 Å². The first kappa shape index (κ1) is 6.94. The van der Waals surface area contributed by atoms with Crippen LogP contribution in [0.4, 0.5) is 0 Å². The van der Waals surface area contributed by atoms with Gasteiger partial charge >= 0.3 is 0 Å². The number of hydrogen-bond donors (Lipinski definition) is 0. The van der Waals surface area contributed by atoms with Crippen molar-refractivity contribution in [2.45, 2.75) is 25.7 Å². The van der Waals surface area contributed by atoms with E-state index in [9.17, 15) is 0 Å². The molecule has 0 aromatic heterocycles. The third-order valence-electron chi connectivity index (χ3n) is 4.00. The standard InChI is InChI=1S/C12H16/c1-2-4-12-10-7-5-9(6-8-10)11(12)3-1/h1,3,5,7,9-12H,2,4,6,8H2/t9-,10-,11-,12+/m0/s1. The Hall–Kier alpha value is -0.520. The van der Waals surface area contributed by atoms with Crippen LogP contribution in [0.3, 0.4) is 0 Å². The lowest BCUT2D eigenvalue weighted by atomic mass is 9.60. The third kappa shape index (κ3) is 0.840. The molecule has 4 rings (SSSR count). The van der Waals surface area contributed by atoms with Gasteiger partial charge in [0.25, 0.3) is 0 Å². The van der Waals surface area contributed by atoms with Gasteiger partial charge in [-0.1, -0.05) is 24.3 Å². The van der Waals surface area contributed by atoms with E-state index in [0.29, 0.717) is 0 Å². The quantitative estimate of drug-likeness (QED) is 0.477. The van der Waals surface area contributed by atoms with Crippen molar-refractivity contribution in [2.75, 3.05) is 0 Å². The van der Waals surface area contributed by atoms with Crippen LogP contribution in [0.5, 0.6) is 0 Å². The van der Waals surface area contributed by atoms with E-state index in [1.165, 1.54) is 25.7 Å². The summed E-state index contributed by atoms with van der Waals surface area (Å²) < 4.78 is 0. The molecule has 0 aromatic carbocycles. The monoisotopic (exact) mass is 160 g/mol. The first-order chi connectivity index (χ1) is 5.95. The van der Waals surface area contributed by atoms with Gasteiger partial charge in [-0.15, -0.1) is 0 Å². The molecule has 4 atom stereocenters. The molecule has 1 fully saturated rings. The molecule has 0 aromatic rings. The van der Waals surface area contributed by atoms with E-state index in [-0.39, 0.29) is 0 Å². The summed E-state index contributed by atoms with van der Waals surface area (Å²) in [5, 5.41) is 0. The summed E-state index contributed by atoms with van der Waals surface area (Å²) in [5.41, 5.74) is 0. The van der Waals surface area contributed by atoms with E-state index in [1.54, 1.807) is 0 Å². The second-order valence-corrected chi connectivity index (χ2v) is 4.54. The van der Waals surface area contributed by atoms with E-state index < -0.39 is 0 Å². The highest BCUT2D eigenvalue weighted by Crippen LogP contribution is 2.48. The van der Waals surface area contributed by atoms with E-state index >= 15 is 0 Å². The van der Waals surface area contributed by atoms with Gasteiger partial charge in [-0.05, 0) is 49.4 Å². The smallest absolute Gasteiger partial charge is 0.0136 e. The van der Waals surface area contributed by atoms with Crippen LogP contribution < -0.4 is 0 Å². The fourth-order valence-electron chi connectivity index (χ4n) is 3.38. The van der Waals surface area contributed by atoms with Crippen molar-refractivity contribution in [3.63, 3.8) is 0 Å². The van der Waals surface area contributed by atoms with Crippen LogP contribution >= 0.6 is 0 Å². The van der Waals surface area contributed by atoms with Crippen molar-refractivity contribution in [3.8, 4) is 0 Å². The number of fused-ring (bicyclic) bond motifs is 1. The maximum absolute atomic E-state index is 2.49. The predicted molar refractivity (Wildman–Crippen MR) is 50.7 cm³/mol. The SMILES string of the molecule is C1=C[C@@H]2[C@H](CC1)[C@H]1C=C[C@H]2CC1. The molecule has 64 valence electrons. The molecular weight excluding hydrogens is 144 g/mol. The second-order valence-electron chi connectivity index (χ2n) is 4.54. The fraction of sp³-hybridized carbons (Fsp3) is 0.667. The van der Waals surface area contributed by atoms with Gasteiger partial charge < -0.3 is 0 Å². The first-order valence-electron chi connectivity index (χ1n) is 5.30. The van der Waals surface area contributed by atoms with Crippen LogP contribution in [0, 0.1) is 23.7 Å².